The molecule has 0 saturated heterocycles. The predicted molar refractivity (Wildman–Crippen MR) is 80.3 cm³/mol. The standard InChI is InChI=1S/C16H14FNO2S/c1-2-14-10-12-8-9-13(17)11-16(12)18(14)21(19,20)15-6-4-3-5-7-15/h3-11H,2H2,1H3. The number of hydrogen-bond acceptors (Lipinski definition) is 2. The molecule has 0 aliphatic rings. The summed E-state index contributed by atoms with van der Waals surface area (Å²) in [6.45, 7) is 1.88. The van der Waals surface area contributed by atoms with Crippen LogP contribution in [0, 0.1) is 5.82 Å². The second-order valence-electron chi connectivity index (χ2n) is 4.77. The Morgan fingerprint density at radius 2 is 1.76 bits per heavy atom. The molecule has 0 radical (unpaired) electrons. The highest BCUT2D eigenvalue weighted by Crippen LogP contribution is 2.26. The van der Waals surface area contributed by atoms with E-state index in [0.717, 1.165) is 0 Å². The molecular weight excluding hydrogens is 289 g/mol. The zero-order chi connectivity index (χ0) is 15.0. The lowest BCUT2D eigenvalue weighted by Crippen LogP contribution is -2.15. The van der Waals surface area contributed by atoms with Crippen LogP contribution in [0.4, 0.5) is 4.39 Å². The third-order valence-corrected chi connectivity index (χ3v) is 5.22. The van der Waals surface area contributed by atoms with Crippen molar-refractivity contribution in [1.82, 2.24) is 3.97 Å². The Labute approximate surface area is 122 Å². The molecule has 0 bridgehead atoms. The maximum Gasteiger partial charge on any atom is 0.268 e. The summed E-state index contributed by atoms with van der Waals surface area (Å²) in [4.78, 5) is 0.196. The maximum absolute atomic E-state index is 13.5. The van der Waals surface area contributed by atoms with E-state index < -0.39 is 15.8 Å². The van der Waals surface area contributed by atoms with Crippen LogP contribution < -0.4 is 0 Å². The SMILES string of the molecule is CCc1cc2ccc(F)cc2n1S(=O)(=O)c1ccccc1. The van der Waals surface area contributed by atoms with Crippen LogP contribution in [-0.4, -0.2) is 12.4 Å². The summed E-state index contributed by atoms with van der Waals surface area (Å²) in [6, 6.07) is 14.2. The molecule has 1 heterocycles. The van der Waals surface area contributed by atoms with E-state index in [1.54, 1.807) is 42.5 Å². The molecule has 21 heavy (non-hydrogen) atoms. The number of aryl methyl sites for hydroxylation is 1. The molecule has 0 saturated carbocycles. The number of rotatable bonds is 3. The summed E-state index contributed by atoms with van der Waals surface area (Å²) in [5.74, 6) is -0.451. The molecule has 0 aliphatic heterocycles. The molecule has 3 nitrogen and oxygen atoms in total. The Kier molecular flexibility index (Phi) is 3.29. The van der Waals surface area contributed by atoms with Gasteiger partial charge in [-0.25, -0.2) is 16.8 Å². The second-order valence-corrected chi connectivity index (χ2v) is 6.56. The van der Waals surface area contributed by atoms with Gasteiger partial charge < -0.3 is 0 Å². The molecule has 0 aliphatic carbocycles. The Bertz CT molecular complexity index is 899. The number of halogens is 1. The average molecular weight is 303 g/mol. The summed E-state index contributed by atoms with van der Waals surface area (Å²) < 4.78 is 40.4. The van der Waals surface area contributed by atoms with Gasteiger partial charge in [0.15, 0.2) is 0 Å². The molecule has 3 rings (SSSR count). The van der Waals surface area contributed by atoms with Gasteiger partial charge in [-0.1, -0.05) is 25.1 Å². The van der Waals surface area contributed by atoms with Crippen LogP contribution in [0.25, 0.3) is 10.9 Å². The molecule has 0 atom stereocenters. The number of hydrogen-bond donors (Lipinski definition) is 0. The normalized spacial score (nSPS) is 11.9. The van der Waals surface area contributed by atoms with Crippen molar-refractivity contribution >= 4 is 20.9 Å². The predicted octanol–water partition coefficient (Wildman–Crippen LogP) is 3.58. The number of fused-ring (bicyclic) bond motifs is 1. The van der Waals surface area contributed by atoms with Gasteiger partial charge in [0, 0.05) is 11.1 Å². The van der Waals surface area contributed by atoms with Crippen LogP contribution >= 0.6 is 0 Å². The van der Waals surface area contributed by atoms with E-state index in [9.17, 15) is 12.8 Å². The molecule has 5 heteroatoms. The molecular formula is C16H14FNO2S. The summed E-state index contributed by atoms with van der Waals surface area (Å²) in [5.41, 5.74) is 1.01. The minimum atomic E-state index is -3.73. The molecule has 1 aromatic heterocycles. The molecule has 0 unspecified atom stereocenters. The first-order valence-corrected chi connectivity index (χ1v) is 8.08. The molecule has 3 aromatic rings. The first-order chi connectivity index (χ1) is 10.0. The summed E-state index contributed by atoms with van der Waals surface area (Å²) >= 11 is 0. The lowest BCUT2D eigenvalue weighted by Gasteiger charge is -2.11. The highest BCUT2D eigenvalue weighted by atomic mass is 32.2. The molecule has 108 valence electrons. The topological polar surface area (TPSA) is 39.1 Å². The fraction of sp³-hybridized carbons (Fsp3) is 0.125. The lowest BCUT2D eigenvalue weighted by atomic mass is 10.2. The van der Waals surface area contributed by atoms with Gasteiger partial charge in [-0.15, -0.1) is 0 Å². The molecule has 0 N–H and O–H groups in total. The van der Waals surface area contributed by atoms with Crippen molar-refractivity contribution < 1.29 is 12.8 Å². The van der Waals surface area contributed by atoms with E-state index in [1.807, 2.05) is 6.92 Å². The van der Waals surface area contributed by atoms with Crippen molar-refractivity contribution in [3.05, 3.63) is 66.1 Å². The molecule has 0 amide bonds. The minimum absolute atomic E-state index is 0.196. The summed E-state index contributed by atoms with van der Waals surface area (Å²) in [6.07, 6.45) is 0.544. The molecule has 0 spiro atoms. The van der Waals surface area contributed by atoms with Crippen LogP contribution in [0.2, 0.25) is 0 Å². The van der Waals surface area contributed by atoms with Gasteiger partial charge in [0.25, 0.3) is 10.0 Å². The Morgan fingerprint density at radius 1 is 1.05 bits per heavy atom. The largest absolute Gasteiger partial charge is 0.268 e. The molecule has 2 aromatic carbocycles. The Morgan fingerprint density at radius 3 is 2.43 bits per heavy atom. The van der Waals surface area contributed by atoms with Crippen LogP contribution in [0.5, 0.6) is 0 Å². The van der Waals surface area contributed by atoms with Gasteiger partial charge in [-0.3, -0.25) is 0 Å². The Balaban J connectivity index is 2.36. The van der Waals surface area contributed by atoms with E-state index in [-0.39, 0.29) is 4.90 Å². The van der Waals surface area contributed by atoms with E-state index in [4.69, 9.17) is 0 Å². The fourth-order valence-electron chi connectivity index (χ4n) is 2.43. The van der Waals surface area contributed by atoms with Gasteiger partial charge in [0.05, 0.1) is 10.4 Å². The van der Waals surface area contributed by atoms with Crippen molar-refractivity contribution in [2.24, 2.45) is 0 Å². The second kappa shape index (κ2) is 5.00. The van der Waals surface area contributed by atoms with Crippen molar-refractivity contribution in [1.29, 1.82) is 0 Å². The minimum Gasteiger partial charge on any atom is -0.238 e. The smallest absolute Gasteiger partial charge is 0.238 e. The molecule has 0 fully saturated rings. The van der Waals surface area contributed by atoms with Crippen molar-refractivity contribution in [2.45, 2.75) is 18.2 Å². The number of benzene rings is 2. The van der Waals surface area contributed by atoms with Crippen molar-refractivity contribution in [2.75, 3.05) is 0 Å². The maximum atomic E-state index is 13.5. The quantitative estimate of drug-likeness (QED) is 0.742. The zero-order valence-corrected chi connectivity index (χ0v) is 12.3. The van der Waals surface area contributed by atoms with Crippen LogP contribution in [0.1, 0.15) is 12.6 Å². The Hall–Kier alpha value is -2.14. The zero-order valence-electron chi connectivity index (χ0n) is 11.5. The van der Waals surface area contributed by atoms with Gasteiger partial charge in [-0.2, -0.15) is 0 Å². The average Bonchev–Trinajstić information content (AvgIpc) is 2.86. The summed E-state index contributed by atoms with van der Waals surface area (Å²) in [7, 11) is -3.73. The highest BCUT2D eigenvalue weighted by Gasteiger charge is 2.22. The monoisotopic (exact) mass is 303 g/mol. The van der Waals surface area contributed by atoms with Gasteiger partial charge in [0.1, 0.15) is 5.82 Å². The van der Waals surface area contributed by atoms with E-state index in [1.165, 1.54) is 16.1 Å². The van der Waals surface area contributed by atoms with E-state index >= 15 is 0 Å². The van der Waals surface area contributed by atoms with E-state index in [2.05, 4.69) is 0 Å². The third kappa shape index (κ3) is 2.23. The number of nitrogens with zero attached hydrogens (tertiary/aromatic N) is 1. The highest BCUT2D eigenvalue weighted by molar-refractivity contribution is 7.90. The van der Waals surface area contributed by atoms with Crippen molar-refractivity contribution in [3.8, 4) is 0 Å². The lowest BCUT2D eigenvalue weighted by molar-refractivity contribution is 0.587. The first kappa shape index (κ1) is 13.8. The first-order valence-electron chi connectivity index (χ1n) is 6.64. The number of aromatic nitrogens is 1. The third-order valence-electron chi connectivity index (χ3n) is 3.44. The van der Waals surface area contributed by atoms with Crippen molar-refractivity contribution in [3.63, 3.8) is 0 Å². The van der Waals surface area contributed by atoms with Gasteiger partial charge in [0.2, 0.25) is 0 Å². The summed E-state index contributed by atoms with van der Waals surface area (Å²) in [5, 5.41) is 0.716. The fourth-order valence-corrected chi connectivity index (χ4v) is 4.05. The van der Waals surface area contributed by atoms with Crippen LogP contribution in [0.15, 0.2) is 59.5 Å². The van der Waals surface area contributed by atoms with E-state index in [0.29, 0.717) is 23.0 Å². The van der Waals surface area contributed by atoms with Gasteiger partial charge >= 0.3 is 0 Å². The van der Waals surface area contributed by atoms with Crippen LogP contribution in [0.3, 0.4) is 0 Å². The van der Waals surface area contributed by atoms with Gasteiger partial charge in [-0.05, 0) is 42.8 Å². The van der Waals surface area contributed by atoms with Crippen LogP contribution in [-0.2, 0) is 16.4 Å².